The van der Waals surface area contributed by atoms with Gasteiger partial charge in [-0.1, -0.05) is 44.2 Å². The molecular weight excluding hydrogens is 383 g/mol. The summed E-state index contributed by atoms with van der Waals surface area (Å²) in [5.41, 5.74) is 1.73. The zero-order valence-corrected chi connectivity index (χ0v) is 17.5. The van der Waals surface area contributed by atoms with Gasteiger partial charge in [0.1, 0.15) is 5.82 Å². The molecule has 1 heterocycles. The van der Waals surface area contributed by atoms with Gasteiger partial charge < -0.3 is 15.2 Å². The first-order chi connectivity index (χ1) is 14.5. The Balaban J connectivity index is 1.81. The van der Waals surface area contributed by atoms with E-state index in [0.717, 1.165) is 16.7 Å². The monoisotopic (exact) mass is 410 g/mol. The first-order valence-electron chi connectivity index (χ1n) is 10.1. The summed E-state index contributed by atoms with van der Waals surface area (Å²) in [6, 6.07) is 14.2. The summed E-state index contributed by atoms with van der Waals surface area (Å²) in [5.74, 6) is 0.604. The van der Waals surface area contributed by atoms with Gasteiger partial charge in [0, 0.05) is 12.1 Å². The Morgan fingerprint density at radius 3 is 2.43 bits per heavy atom. The van der Waals surface area contributed by atoms with E-state index in [2.05, 4.69) is 20.3 Å². The van der Waals surface area contributed by atoms with Crippen LogP contribution in [0, 0.1) is 5.82 Å². The number of hydrogen-bond acceptors (Lipinski definition) is 6. The minimum Gasteiger partial charge on any atom is -0.467 e. The van der Waals surface area contributed by atoms with Gasteiger partial charge in [-0.2, -0.15) is 15.0 Å². The van der Waals surface area contributed by atoms with E-state index in [4.69, 9.17) is 4.74 Å². The van der Waals surface area contributed by atoms with E-state index in [0.29, 0.717) is 37.6 Å². The van der Waals surface area contributed by atoms with Crippen LogP contribution in [0.2, 0.25) is 0 Å². The number of nitrogens with one attached hydrogen (secondary N) is 1. The van der Waals surface area contributed by atoms with Crippen molar-refractivity contribution < 1.29 is 14.2 Å². The number of benzene rings is 2. The van der Waals surface area contributed by atoms with Crippen molar-refractivity contribution in [2.24, 2.45) is 0 Å². The van der Waals surface area contributed by atoms with E-state index in [1.165, 1.54) is 19.2 Å². The molecule has 158 valence electrons. The van der Waals surface area contributed by atoms with Gasteiger partial charge in [-0.05, 0) is 48.6 Å². The molecule has 30 heavy (non-hydrogen) atoms. The standard InChI is InChI=1S/C23H27FN4O2/c1-4-23(29,5-2)18-8-6-7-17(15-18)20-26-21(28-22(27-20)30-3)25-14-13-16-9-11-19(24)12-10-16/h6-12,15,29H,4-5,13-14H2,1-3H3,(H,25,26,27,28). The van der Waals surface area contributed by atoms with Crippen LogP contribution in [0.25, 0.3) is 11.4 Å². The van der Waals surface area contributed by atoms with Gasteiger partial charge >= 0.3 is 6.01 Å². The summed E-state index contributed by atoms with van der Waals surface area (Å²) < 4.78 is 18.3. The van der Waals surface area contributed by atoms with Crippen molar-refractivity contribution in [1.29, 1.82) is 0 Å². The summed E-state index contributed by atoms with van der Waals surface area (Å²) in [7, 11) is 1.50. The third-order valence-corrected chi connectivity index (χ3v) is 5.24. The Labute approximate surface area is 176 Å². The molecule has 7 heteroatoms. The third-order valence-electron chi connectivity index (χ3n) is 5.24. The van der Waals surface area contributed by atoms with Crippen molar-refractivity contribution in [2.45, 2.75) is 38.7 Å². The van der Waals surface area contributed by atoms with Crippen molar-refractivity contribution in [3.05, 3.63) is 65.5 Å². The average molecular weight is 410 g/mol. The molecule has 0 aliphatic heterocycles. The number of anilines is 1. The topological polar surface area (TPSA) is 80.2 Å². The van der Waals surface area contributed by atoms with Gasteiger partial charge in [-0.15, -0.1) is 0 Å². The molecule has 0 radical (unpaired) electrons. The lowest BCUT2D eigenvalue weighted by Gasteiger charge is -2.26. The summed E-state index contributed by atoms with van der Waals surface area (Å²) in [4.78, 5) is 13.1. The molecule has 2 aromatic carbocycles. The molecule has 3 aromatic rings. The Bertz CT molecular complexity index is 975. The van der Waals surface area contributed by atoms with E-state index in [9.17, 15) is 9.50 Å². The van der Waals surface area contributed by atoms with E-state index < -0.39 is 5.60 Å². The molecule has 0 bridgehead atoms. The first-order valence-corrected chi connectivity index (χ1v) is 10.1. The summed E-state index contributed by atoms with van der Waals surface area (Å²) in [5, 5.41) is 14.0. The molecule has 0 amide bonds. The average Bonchev–Trinajstić information content (AvgIpc) is 2.79. The van der Waals surface area contributed by atoms with Crippen LogP contribution in [0.1, 0.15) is 37.8 Å². The molecule has 0 saturated carbocycles. The second-order valence-electron chi connectivity index (χ2n) is 7.09. The van der Waals surface area contributed by atoms with Crippen LogP contribution < -0.4 is 10.1 Å². The zero-order valence-electron chi connectivity index (χ0n) is 17.5. The van der Waals surface area contributed by atoms with Crippen LogP contribution in [0.3, 0.4) is 0 Å². The van der Waals surface area contributed by atoms with Gasteiger partial charge in [0.2, 0.25) is 5.95 Å². The smallest absolute Gasteiger partial charge is 0.321 e. The molecule has 0 fully saturated rings. The lowest BCUT2D eigenvalue weighted by molar-refractivity contribution is 0.0284. The predicted molar refractivity (Wildman–Crippen MR) is 115 cm³/mol. The molecule has 0 saturated heterocycles. The van der Waals surface area contributed by atoms with Gasteiger partial charge in [0.05, 0.1) is 12.7 Å². The van der Waals surface area contributed by atoms with Crippen molar-refractivity contribution in [3.8, 4) is 17.4 Å². The van der Waals surface area contributed by atoms with Crippen LogP contribution in [0.4, 0.5) is 10.3 Å². The van der Waals surface area contributed by atoms with Crippen molar-refractivity contribution in [3.63, 3.8) is 0 Å². The van der Waals surface area contributed by atoms with Crippen LogP contribution in [0.5, 0.6) is 6.01 Å². The van der Waals surface area contributed by atoms with E-state index in [-0.39, 0.29) is 11.8 Å². The summed E-state index contributed by atoms with van der Waals surface area (Å²) in [6.07, 6.45) is 1.92. The number of nitrogens with zero attached hydrogens (tertiary/aromatic N) is 3. The molecule has 6 nitrogen and oxygen atoms in total. The Kier molecular flexibility index (Phi) is 6.95. The normalized spacial score (nSPS) is 11.4. The fourth-order valence-electron chi connectivity index (χ4n) is 3.23. The highest BCUT2D eigenvalue weighted by atomic mass is 19.1. The van der Waals surface area contributed by atoms with Gasteiger partial charge in [-0.25, -0.2) is 4.39 Å². The van der Waals surface area contributed by atoms with Crippen LogP contribution in [-0.2, 0) is 12.0 Å². The number of methoxy groups -OCH3 is 1. The summed E-state index contributed by atoms with van der Waals surface area (Å²) >= 11 is 0. The minimum atomic E-state index is -0.886. The largest absolute Gasteiger partial charge is 0.467 e. The number of halogens is 1. The van der Waals surface area contributed by atoms with Crippen molar-refractivity contribution in [2.75, 3.05) is 19.0 Å². The van der Waals surface area contributed by atoms with Crippen LogP contribution in [0.15, 0.2) is 48.5 Å². The third kappa shape index (κ3) is 5.10. The van der Waals surface area contributed by atoms with Gasteiger partial charge in [-0.3, -0.25) is 0 Å². The highest BCUT2D eigenvalue weighted by molar-refractivity contribution is 5.58. The lowest BCUT2D eigenvalue weighted by atomic mass is 9.88. The highest BCUT2D eigenvalue weighted by Crippen LogP contribution is 2.31. The quantitative estimate of drug-likeness (QED) is 0.546. The predicted octanol–water partition coefficient (Wildman–Crippen LogP) is 4.35. The summed E-state index contributed by atoms with van der Waals surface area (Å²) in [6.45, 7) is 4.50. The fourth-order valence-corrected chi connectivity index (χ4v) is 3.23. The highest BCUT2D eigenvalue weighted by Gasteiger charge is 2.25. The molecule has 0 aliphatic carbocycles. The molecular formula is C23H27FN4O2. The lowest BCUT2D eigenvalue weighted by Crippen LogP contribution is -2.23. The molecule has 0 unspecified atom stereocenters. The molecule has 1 aromatic heterocycles. The number of aromatic nitrogens is 3. The SMILES string of the molecule is CCC(O)(CC)c1cccc(-c2nc(NCCc3ccc(F)cc3)nc(OC)n2)c1. The minimum absolute atomic E-state index is 0.205. The number of hydrogen-bond donors (Lipinski definition) is 2. The van der Waals surface area contributed by atoms with Gasteiger partial charge in [0.25, 0.3) is 0 Å². The Morgan fingerprint density at radius 1 is 1.03 bits per heavy atom. The maximum Gasteiger partial charge on any atom is 0.321 e. The fraction of sp³-hybridized carbons (Fsp3) is 0.348. The van der Waals surface area contributed by atoms with E-state index in [1.54, 1.807) is 12.1 Å². The van der Waals surface area contributed by atoms with Crippen molar-refractivity contribution in [1.82, 2.24) is 15.0 Å². The molecule has 2 N–H and O–H groups in total. The zero-order chi connectivity index (χ0) is 21.6. The van der Waals surface area contributed by atoms with E-state index in [1.807, 2.05) is 38.1 Å². The second-order valence-corrected chi connectivity index (χ2v) is 7.09. The maximum absolute atomic E-state index is 13.0. The van der Waals surface area contributed by atoms with Crippen LogP contribution >= 0.6 is 0 Å². The number of ether oxygens (including phenoxy) is 1. The molecule has 0 atom stereocenters. The second kappa shape index (κ2) is 9.63. The Hall–Kier alpha value is -3.06. The number of rotatable bonds is 9. The number of aliphatic hydroxyl groups is 1. The first kappa shape index (κ1) is 21.6. The van der Waals surface area contributed by atoms with Crippen LogP contribution in [-0.4, -0.2) is 33.7 Å². The molecule has 0 spiro atoms. The molecule has 0 aliphatic rings. The molecule has 3 rings (SSSR count). The van der Waals surface area contributed by atoms with E-state index >= 15 is 0 Å². The maximum atomic E-state index is 13.0. The Morgan fingerprint density at radius 2 is 1.77 bits per heavy atom. The van der Waals surface area contributed by atoms with Crippen molar-refractivity contribution >= 4 is 5.95 Å². The van der Waals surface area contributed by atoms with Gasteiger partial charge in [0.15, 0.2) is 5.82 Å².